The van der Waals surface area contributed by atoms with Gasteiger partial charge in [-0.15, -0.1) is 0 Å². The van der Waals surface area contributed by atoms with Gasteiger partial charge in [-0.3, -0.25) is 9.59 Å². The number of carbonyl (C=O) groups is 2. The van der Waals surface area contributed by atoms with Crippen LogP contribution in [0.2, 0.25) is 0 Å². The summed E-state index contributed by atoms with van der Waals surface area (Å²) in [5, 5.41) is 3.09. The molecule has 3 aromatic carbocycles. The molecule has 36 heavy (non-hydrogen) atoms. The molecule has 1 N–H and O–H groups in total. The smallest absolute Gasteiger partial charge is 0.261 e. The van der Waals surface area contributed by atoms with Crippen LogP contribution in [0.3, 0.4) is 0 Å². The SMILES string of the molecule is CC[C@@H](C)NC(=O)[C@H](Cc1ccccc1)N(Cc1ccc(C)cc1)C(=O)COc1ccc(C)c(C)c1. The van der Waals surface area contributed by atoms with E-state index >= 15 is 0 Å². The lowest BCUT2D eigenvalue weighted by Crippen LogP contribution is -2.53. The third-order valence-corrected chi connectivity index (χ3v) is 6.59. The molecule has 0 heterocycles. The molecule has 0 saturated carbocycles. The van der Waals surface area contributed by atoms with E-state index in [1.807, 2.05) is 107 Å². The Morgan fingerprint density at radius 1 is 0.889 bits per heavy atom. The highest BCUT2D eigenvalue weighted by Crippen LogP contribution is 2.19. The van der Waals surface area contributed by atoms with Crippen molar-refractivity contribution in [3.05, 3.63) is 101 Å². The van der Waals surface area contributed by atoms with Gasteiger partial charge in [0, 0.05) is 19.0 Å². The van der Waals surface area contributed by atoms with Crippen molar-refractivity contribution >= 4 is 11.8 Å². The molecule has 5 heteroatoms. The predicted octanol–water partition coefficient (Wildman–Crippen LogP) is 5.55. The summed E-state index contributed by atoms with van der Waals surface area (Å²) in [6.07, 6.45) is 1.23. The van der Waals surface area contributed by atoms with Gasteiger partial charge < -0.3 is 15.0 Å². The Bertz CT molecular complexity index is 1140. The van der Waals surface area contributed by atoms with E-state index in [9.17, 15) is 9.59 Å². The fraction of sp³-hybridized carbons (Fsp3) is 0.355. The first-order chi connectivity index (χ1) is 17.3. The monoisotopic (exact) mass is 486 g/mol. The summed E-state index contributed by atoms with van der Waals surface area (Å²) < 4.78 is 5.90. The van der Waals surface area contributed by atoms with E-state index in [0.717, 1.165) is 28.7 Å². The van der Waals surface area contributed by atoms with Crippen LogP contribution in [0.25, 0.3) is 0 Å². The lowest BCUT2D eigenvalue weighted by atomic mass is 10.0. The summed E-state index contributed by atoms with van der Waals surface area (Å²) in [6, 6.07) is 23.0. The minimum atomic E-state index is -0.668. The molecule has 0 fully saturated rings. The molecule has 0 aromatic heterocycles. The van der Waals surface area contributed by atoms with Crippen molar-refractivity contribution in [1.29, 1.82) is 0 Å². The van der Waals surface area contributed by atoms with E-state index in [4.69, 9.17) is 4.74 Å². The van der Waals surface area contributed by atoms with Crippen LogP contribution in [0, 0.1) is 20.8 Å². The number of amides is 2. The van der Waals surface area contributed by atoms with Crippen LogP contribution < -0.4 is 10.1 Å². The molecule has 0 aliphatic heterocycles. The van der Waals surface area contributed by atoms with E-state index in [0.29, 0.717) is 18.7 Å². The number of hydrogen-bond acceptors (Lipinski definition) is 3. The lowest BCUT2D eigenvalue weighted by molar-refractivity contribution is -0.143. The molecule has 0 radical (unpaired) electrons. The first-order valence-corrected chi connectivity index (χ1v) is 12.7. The average molecular weight is 487 g/mol. The molecular formula is C31H38N2O3. The van der Waals surface area contributed by atoms with Crippen LogP contribution in [0.5, 0.6) is 5.75 Å². The third kappa shape index (κ3) is 7.70. The normalized spacial score (nSPS) is 12.5. The van der Waals surface area contributed by atoms with Gasteiger partial charge in [-0.2, -0.15) is 0 Å². The molecule has 2 amide bonds. The topological polar surface area (TPSA) is 58.6 Å². The fourth-order valence-corrected chi connectivity index (χ4v) is 3.92. The highest BCUT2D eigenvalue weighted by molar-refractivity contribution is 5.88. The van der Waals surface area contributed by atoms with Gasteiger partial charge in [0.2, 0.25) is 5.91 Å². The average Bonchev–Trinajstić information content (AvgIpc) is 2.88. The third-order valence-electron chi connectivity index (χ3n) is 6.59. The van der Waals surface area contributed by atoms with Gasteiger partial charge in [-0.25, -0.2) is 0 Å². The van der Waals surface area contributed by atoms with Crippen molar-refractivity contribution in [3.8, 4) is 5.75 Å². The number of hydrogen-bond donors (Lipinski definition) is 1. The summed E-state index contributed by atoms with van der Waals surface area (Å²) in [6.45, 7) is 10.3. The number of aryl methyl sites for hydroxylation is 3. The van der Waals surface area contributed by atoms with Crippen molar-refractivity contribution in [2.75, 3.05) is 6.61 Å². The molecule has 0 unspecified atom stereocenters. The minimum absolute atomic E-state index is 0.0129. The Balaban J connectivity index is 1.90. The van der Waals surface area contributed by atoms with Crippen molar-refractivity contribution in [2.45, 2.75) is 66.1 Å². The predicted molar refractivity (Wildman–Crippen MR) is 145 cm³/mol. The van der Waals surface area contributed by atoms with Crippen LogP contribution in [-0.2, 0) is 22.6 Å². The second-order valence-corrected chi connectivity index (χ2v) is 9.57. The van der Waals surface area contributed by atoms with E-state index < -0.39 is 6.04 Å². The molecule has 0 saturated heterocycles. The molecule has 3 aromatic rings. The summed E-state index contributed by atoms with van der Waals surface area (Å²) in [7, 11) is 0. The molecule has 5 nitrogen and oxygen atoms in total. The van der Waals surface area contributed by atoms with E-state index in [1.165, 1.54) is 5.56 Å². The summed E-state index contributed by atoms with van der Waals surface area (Å²) in [5.41, 5.74) is 5.38. The number of ether oxygens (including phenoxy) is 1. The molecule has 3 rings (SSSR count). The molecular weight excluding hydrogens is 448 g/mol. The number of carbonyl (C=O) groups excluding carboxylic acids is 2. The molecule has 0 spiro atoms. The molecule has 190 valence electrons. The van der Waals surface area contributed by atoms with Gasteiger partial charge in [-0.05, 0) is 68.5 Å². The maximum absolute atomic E-state index is 13.7. The zero-order valence-electron chi connectivity index (χ0n) is 22.1. The number of nitrogens with zero attached hydrogens (tertiary/aromatic N) is 1. The number of rotatable bonds is 11. The first kappa shape index (κ1) is 27.0. The minimum Gasteiger partial charge on any atom is -0.484 e. The second kappa shape index (κ2) is 12.9. The summed E-state index contributed by atoms with van der Waals surface area (Å²) in [4.78, 5) is 28.8. The maximum Gasteiger partial charge on any atom is 0.261 e. The molecule has 0 aliphatic rings. The first-order valence-electron chi connectivity index (χ1n) is 12.7. The highest BCUT2D eigenvalue weighted by Gasteiger charge is 2.31. The Hall–Kier alpha value is -3.60. The lowest BCUT2D eigenvalue weighted by Gasteiger charge is -2.32. The van der Waals surface area contributed by atoms with Crippen LogP contribution in [-0.4, -0.2) is 35.4 Å². The van der Waals surface area contributed by atoms with E-state index in [2.05, 4.69) is 5.32 Å². The molecule has 0 aliphatic carbocycles. The summed E-state index contributed by atoms with van der Waals surface area (Å²) in [5.74, 6) is 0.263. The highest BCUT2D eigenvalue weighted by atomic mass is 16.5. The van der Waals surface area contributed by atoms with Crippen molar-refractivity contribution < 1.29 is 14.3 Å². The van der Waals surface area contributed by atoms with Gasteiger partial charge in [0.15, 0.2) is 6.61 Å². The largest absolute Gasteiger partial charge is 0.484 e. The molecule has 2 atom stereocenters. The van der Waals surface area contributed by atoms with Crippen molar-refractivity contribution in [3.63, 3.8) is 0 Å². The van der Waals surface area contributed by atoms with E-state index in [-0.39, 0.29) is 24.5 Å². The fourth-order valence-electron chi connectivity index (χ4n) is 3.92. The Morgan fingerprint density at radius 2 is 1.58 bits per heavy atom. The van der Waals surface area contributed by atoms with Gasteiger partial charge in [0.05, 0.1) is 0 Å². The van der Waals surface area contributed by atoms with Crippen LogP contribution in [0.15, 0.2) is 72.8 Å². The van der Waals surface area contributed by atoms with Gasteiger partial charge in [-0.1, -0.05) is 73.2 Å². The Kier molecular flexibility index (Phi) is 9.69. The number of nitrogens with one attached hydrogen (secondary N) is 1. The van der Waals surface area contributed by atoms with Crippen LogP contribution in [0.1, 0.15) is 48.1 Å². The van der Waals surface area contributed by atoms with Gasteiger partial charge in [0.1, 0.15) is 11.8 Å². The van der Waals surface area contributed by atoms with Crippen LogP contribution in [0.4, 0.5) is 0 Å². The Labute approximate surface area is 215 Å². The zero-order chi connectivity index (χ0) is 26.1. The standard InChI is InChI=1S/C31H38N2O3/c1-6-25(5)32-31(35)29(19-26-10-8-7-9-11-26)33(20-27-15-12-22(2)13-16-27)30(34)21-36-28-17-14-23(3)24(4)18-28/h7-18,25,29H,6,19-21H2,1-5H3,(H,32,35)/t25-,29+/m1/s1. The molecule has 0 bridgehead atoms. The quantitative estimate of drug-likeness (QED) is 0.387. The van der Waals surface area contributed by atoms with Crippen molar-refractivity contribution in [1.82, 2.24) is 10.2 Å². The summed E-state index contributed by atoms with van der Waals surface area (Å²) >= 11 is 0. The Morgan fingerprint density at radius 3 is 2.22 bits per heavy atom. The van der Waals surface area contributed by atoms with E-state index in [1.54, 1.807) is 4.90 Å². The zero-order valence-corrected chi connectivity index (χ0v) is 22.1. The second-order valence-electron chi connectivity index (χ2n) is 9.57. The number of benzene rings is 3. The van der Waals surface area contributed by atoms with Gasteiger partial charge in [0.25, 0.3) is 5.91 Å². The van der Waals surface area contributed by atoms with Crippen molar-refractivity contribution in [2.24, 2.45) is 0 Å². The van der Waals surface area contributed by atoms with Gasteiger partial charge >= 0.3 is 0 Å². The maximum atomic E-state index is 13.7. The van der Waals surface area contributed by atoms with Crippen LogP contribution >= 0.6 is 0 Å².